The summed E-state index contributed by atoms with van der Waals surface area (Å²) in [4.78, 5) is 13.8. The Labute approximate surface area is 103 Å². The zero-order valence-electron chi connectivity index (χ0n) is 10.6. The first kappa shape index (κ1) is 13.3. The molecule has 1 rings (SSSR count). The number of anilines is 1. The second kappa shape index (κ2) is 6.09. The molecule has 0 aliphatic carbocycles. The summed E-state index contributed by atoms with van der Waals surface area (Å²) in [5.41, 5.74) is 7.99. The van der Waals surface area contributed by atoms with Crippen molar-refractivity contribution >= 4 is 11.6 Å². The van der Waals surface area contributed by atoms with Crippen molar-refractivity contribution in [1.29, 1.82) is 0 Å². The van der Waals surface area contributed by atoms with Gasteiger partial charge < -0.3 is 10.6 Å². The third-order valence-electron chi connectivity index (χ3n) is 2.69. The van der Waals surface area contributed by atoms with Crippen LogP contribution in [0, 0.1) is 6.92 Å². The van der Waals surface area contributed by atoms with Crippen molar-refractivity contribution < 1.29 is 4.79 Å². The molecule has 0 radical (unpaired) electrons. The number of unbranched alkanes of at least 4 members (excludes halogenated alkanes) is 1. The Morgan fingerprint density at radius 2 is 2.24 bits per heavy atom. The highest BCUT2D eigenvalue weighted by atomic mass is 16.2. The minimum Gasteiger partial charge on any atom is -0.398 e. The molecule has 0 aliphatic heterocycles. The van der Waals surface area contributed by atoms with Gasteiger partial charge >= 0.3 is 0 Å². The smallest absolute Gasteiger partial charge is 0.255 e. The molecule has 17 heavy (non-hydrogen) atoms. The lowest BCUT2D eigenvalue weighted by molar-refractivity contribution is 0.0795. The van der Waals surface area contributed by atoms with Crippen molar-refractivity contribution in [3.8, 4) is 0 Å². The lowest BCUT2D eigenvalue weighted by atomic mass is 10.1. The number of allylic oxidation sites excluding steroid dienone is 1. The van der Waals surface area contributed by atoms with Crippen LogP contribution < -0.4 is 5.73 Å². The highest BCUT2D eigenvalue weighted by Crippen LogP contribution is 2.15. The molecule has 0 spiro atoms. The van der Waals surface area contributed by atoms with Gasteiger partial charge in [0.15, 0.2) is 0 Å². The highest BCUT2D eigenvalue weighted by Gasteiger charge is 2.14. The van der Waals surface area contributed by atoms with E-state index >= 15 is 0 Å². The fraction of sp³-hybridized carbons (Fsp3) is 0.357. The van der Waals surface area contributed by atoms with Crippen LogP contribution in [0.15, 0.2) is 30.9 Å². The van der Waals surface area contributed by atoms with E-state index in [9.17, 15) is 4.79 Å². The molecular formula is C14H20N2O. The molecule has 0 aliphatic rings. The summed E-state index contributed by atoms with van der Waals surface area (Å²) in [6.45, 7) is 6.34. The molecule has 0 fully saturated rings. The van der Waals surface area contributed by atoms with Crippen LogP contribution in [0.4, 0.5) is 5.69 Å². The minimum atomic E-state index is -0.0183. The maximum atomic E-state index is 12.1. The van der Waals surface area contributed by atoms with E-state index in [4.69, 9.17) is 5.73 Å². The molecule has 3 nitrogen and oxygen atoms in total. The van der Waals surface area contributed by atoms with Gasteiger partial charge in [-0.15, -0.1) is 6.58 Å². The Hall–Kier alpha value is -1.77. The van der Waals surface area contributed by atoms with Gasteiger partial charge in [-0.2, -0.15) is 0 Å². The summed E-state index contributed by atoms with van der Waals surface area (Å²) in [7, 11) is 1.80. The number of hydrogen-bond donors (Lipinski definition) is 1. The monoisotopic (exact) mass is 232 g/mol. The average Bonchev–Trinajstić information content (AvgIpc) is 2.31. The lowest BCUT2D eigenvalue weighted by Crippen LogP contribution is -2.28. The van der Waals surface area contributed by atoms with Gasteiger partial charge in [0.25, 0.3) is 5.91 Å². The molecule has 1 aromatic rings. The van der Waals surface area contributed by atoms with Gasteiger partial charge in [0.2, 0.25) is 0 Å². The molecule has 1 aromatic carbocycles. The molecule has 0 heterocycles. The van der Waals surface area contributed by atoms with Crippen LogP contribution in [0.5, 0.6) is 0 Å². The lowest BCUT2D eigenvalue weighted by Gasteiger charge is -2.18. The summed E-state index contributed by atoms with van der Waals surface area (Å²) >= 11 is 0. The van der Waals surface area contributed by atoms with Crippen LogP contribution in [0.2, 0.25) is 0 Å². The van der Waals surface area contributed by atoms with Crippen LogP contribution in [0.25, 0.3) is 0 Å². The van der Waals surface area contributed by atoms with Crippen molar-refractivity contribution in [2.75, 3.05) is 19.3 Å². The first-order valence-corrected chi connectivity index (χ1v) is 5.78. The molecule has 1 amide bonds. The number of aryl methyl sites for hydroxylation is 1. The highest BCUT2D eigenvalue weighted by molar-refractivity contribution is 5.99. The van der Waals surface area contributed by atoms with E-state index < -0.39 is 0 Å². The molecule has 0 atom stereocenters. The SMILES string of the molecule is C=CCCCN(C)C(=O)c1cc(C)ccc1N. The fourth-order valence-corrected chi connectivity index (χ4v) is 1.64. The number of nitrogen functional groups attached to an aromatic ring is 1. The number of carbonyl (C=O) groups is 1. The Morgan fingerprint density at radius 3 is 2.88 bits per heavy atom. The van der Waals surface area contributed by atoms with E-state index in [1.807, 2.05) is 25.1 Å². The predicted molar refractivity (Wildman–Crippen MR) is 72.0 cm³/mol. The molecule has 0 saturated carbocycles. The fourth-order valence-electron chi connectivity index (χ4n) is 1.64. The van der Waals surface area contributed by atoms with E-state index in [0.29, 0.717) is 11.3 Å². The van der Waals surface area contributed by atoms with Gasteiger partial charge in [0.05, 0.1) is 5.56 Å². The van der Waals surface area contributed by atoms with Gasteiger partial charge in [-0.25, -0.2) is 0 Å². The molecule has 92 valence electrons. The average molecular weight is 232 g/mol. The number of hydrogen-bond acceptors (Lipinski definition) is 2. The van der Waals surface area contributed by atoms with Crippen LogP contribution in [-0.4, -0.2) is 24.4 Å². The normalized spacial score (nSPS) is 10.0. The quantitative estimate of drug-likeness (QED) is 0.482. The van der Waals surface area contributed by atoms with Gasteiger partial charge in [-0.3, -0.25) is 4.79 Å². The van der Waals surface area contributed by atoms with Gasteiger partial charge in [0.1, 0.15) is 0 Å². The number of nitrogens with two attached hydrogens (primary N) is 1. The van der Waals surface area contributed by atoms with Crippen LogP contribution in [-0.2, 0) is 0 Å². The van der Waals surface area contributed by atoms with Gasteiger partial charge in [-0.05, 0) is 31.9 Å². The van der Waals surface area contributed by atoms with E-state index in [0.717, 1.165) is 24.9 Å². The standard InChI is InChI=1S/C14H20N2O/c1-4-5-6-9-16(3)14(17)12-10-11(2)7-8-13(12)15/h4,7-8,10H,1,5-6,9,15H2,2-3H3. The minimum absolute atomic E-state index is 0.0183. The predicted octanol–water partition coefficient (Wildman–Crippen LogP) is 2.62. The van der Waals surface area contributed by atoms with Crippen LogP contribution in [0.1, 0.15) is 28.8 Å². The summed E-state index contributed by atoms with van der Waals surface area (Å²) in [5.74, 6) is -0.0183. The zero-order valence-corrected chi connectivity index (χ0v) is 10.6. The maximum Gasteiger partial charge on any atom is 0.255 e. The van der Waals surface area contributed by atoms with E-state index in [-0.39, 0.29) is 5.91 Å². The molecule has 2 N–H and O–H groups in total. The third kappa shape index (κ3) is 3.63. The molecule has 0 saturated heterocycles. The van der Waals surface area contributed by atoms with E-state index in [2.05, 4.69) is 6.58 Å². The topological polar surface area (TPSA) is 46.3 Å². The number of rotatable bonds is 5. The molecule has 0 aromatic heterocycles. The van der Waals surface area contributed by atoms with Crippen molar-refractivity contribution in [1.82, 2.24) is 4.90 Å². The Bertz CT molecular complexity index is 413. The Kier molecular flexibility index (Phi) is 4.76. The first-order chi connectivity index (χ1) is 8.06. The van der Waals surface area contributed by atoms with Crippen LogP contribution in [0.3, 0.4) is 0 Å². The van der Waals surface area contributed by atoms with Crippen molar-refractivity contribution in [3.05, 3.63) is 42.0 Å². The van der Waals surface area contributed by atoms with Gasteiger partial charge in [-0.1, -0.05) is 17.7 Å². The zero-order chi connectivity index (χ0) is 12.8. The summed E-state index contributed by atoms with van der Waals surface area (Å²) in [6, 6.07) is 5.52. The van der Waals surface area contributed by atoms with Crippen molar-refractivity contribution in [3.63, 3.8) is 0 Å². The van der Waals surface area contributed by atoms with E-state index in [1.54, 1.807) is 18.0 Å². The molecular weight excluding hydrogens is 212 g/mol. The Morgan fingerprint density at radius 1 is 1.53 bits per heavy atom. The van der Waals surface area contributed by atoms with Gasteiger partial charge in [0, 0.05) is 19.3 Å². The van der Waals surface area contributed by atoms with E-state index in [1.165, 1.54) is 0 Å². The Balaban J connectivity index is 2.74. The third-order valence-corrected chi connectivity index (χ3v) is 2.69. The second-order valence-corrected chi connectivity index (χ2v) is 4.25. The molecule has 0 bridgehead atoms. The largest absolute Gasteiger partial charge is 0.398 e. The van der Waals surface area contributed by atoms with Crippen molar-refractivity contribution in [2.45, 2.75) is 19.8 Å². The molecule has 3 heteroatoms. The summed E-state index contributed by atoms with van der Waals surface area (Å²) < 4.78 is 0. The maximum absolute atomic E-state index is 12.1. The first-order valence-electron chi connectivity index (χ1n) is 5.78. The summed E-state index contributed by atoms with van der Waals surface area (Å²) in [5, 5.41) is 0. The molecule has 0 unspecified atom stereocenters. The summed E-state index contributed by atoms with van der Waals surface area (Å²) in [6.07, 6.45) is 3.71. The van der Waals surface area contributed by atoms with Crippen LogP contribution >= 0.6 is 0 Å². The number of carbonyl (C=O) groups excluding carboxylic acids is 1. The number of benzene rings is 1. The number of amides is 1. The second-order valence-electron chi connectivity index (χ2n) is 4.25. The number of nitrogens with zero attached hydrogens (tertiary/aromatic N) is 1. The van der Waals surface area contributed by atoms with Crippen molar-refractivity contribution in [2.24, 2.45) is 0 Å².